The van der Waals surface area contributed by atoms with Crippen LogP contribution < -0.4 is 15.5 Å². The Balaban J connectivity index is 1.75. The van der Waals surface area contributed by atoms with Gasteiger partial charge in [0, 0.05) is 30.6 Å². The molecule has 3 rings (SSSR count). The monoisotopic (exact) mass is 315 g/mol. The topological polar surface area (TPSA) is 61.4 Å². The summed E-state index contributed by atoms with van der Waals surface area (Å²) in [6, 6.07) is 8.60. The first-order valence-electron chi connectivity index (χ1n) is 8.49. The lowest BCUT2D eigenvalue weighted by atomic mass is 9.98. The second kappa shape index (κ2) is 6.71. The van der Waals surface area contributed by atoms with Crippen molar-refractivity contribution in [1.29, 1.82) is 0 Å². The van der Waals surface area contributed by atoms with Gasteiger partial charge in [0.15, 0.2) is 0 Å². The molecule has 0 radical (unpaired) electrons. The molecular weight excluding hydrogens is 290 g/mol. The number of fused-ring (bicyclic) bond motifs is 1. The van der Waals surface area contributed by atoms with Crippen LogP contribution in [0.2, 0.25) is 0 Å². The van der Waals surface area contributed by atoms with Crippen molar-refractivity contribution < 1.29 is 9.59 Å². The second-order valence-corrected chi connectivity index (χ2v) is 6.77. The predicted molar refractivity (Wildman–Crippen MR) is 90.5 cm³/mol. The van der Waals surface area contributed by atoms with E-state index in [0.717, 1.165) is 25.2 Å². The third kappa shape index (κ3) is 3.39. The molecule has 0 bridgehead atoms. The van der Waals surface area contributed by atoms with Gasteiger partial charge in [0.25, 0.3) is 0 Å². The van der Waals surface area contributed by atoms with Crippen molar-refractivity contribution in [1.82, 2.24) is 10.6 Å². The molecule has 2 heterocycles. The largest absolute Gasteiger partial charge is 0.359 e. The summed E-state index contributed by atoms with van der Waals surface area (Å²) < 4.78 is 0. The zero-order valence-electron chi connectivity index (χ0n) is 13.8. The molecule has 5 heteroatoms. The SMILES string of the molecule is CC(C)NCCC1CN(C2CCC(=O)NC2=O)c2ccccc21. The number of nitrogens with one attached hydrogen (secondary N) is 2. The Kier molecular flexibility index (Phi) is 4.66. The number of hydrogen-bond acceptors (Lipinski definition) is 4. The molecule has 124 valence electrons. The quantitative estimate of drug-likeness (QED) is 0.813. The first-order chi connectivity index (χ1) is 11.1. The van der Waals surface area contributed by atoms with E-state index < -0.39 is 0 Å². The van der Waals surface area contributed by atoms with Gasteiger partial charge in [-0.1, -0.05) is 32.0 Å². The number of nitrogens with zero attached hydrogens (tertiary/aromatic N) is 1. The summed E-state index contributed by atoms with van der Waals surface area (Å²) >= 11 is 0. The molecule has 1 aromatic carbocycles. The molecule has 2 atom stereocenters. The number of amides is 2. The van der Waals surface area contributed by atoms with Crippen molar-refractivity contribution in [2.24, 2.45) is 0 Å². The maximum Gasteiger partial charge on any atom is 0.249 e. The van der Waals surface area contributed by atoms with E-state index in [0.29, 0.717) is 24.8 Å². The zero-order chi connectivity index (χ0) is 16.4. The molecule has 0 aromatic heterocycles. The number of carbonyl (C=O) groups is 2. The van der Waals surface area contributed by atoms with E-state index in [4.69, 9.17) is 0 Å². The van der Waals surface area contributed by atoms with Crippen LogP contribution in [0.5, 0.6) is 0 Å². The van der Waals surface area contributed by atoms with Gasteiger partial charge in [-0.15, -0.1) is 0 Å². The Hall–Kier alpha value is -1.88. The van der Waals surface area contributed by atoms with Crippen LogP contribution in [0.1, 0.15) is 44.6 Å². The zero-order valence-corrected chi connectivity index (χ0v) is 13.8. The average molecular weight is 315 g/mol. The molecule has 1 aromatic rings. The van der Waals surface area contributed by atoms with Crippen molar-refractivity contribution in [3.63, 3.8) is 0 Å². The first kappa shape index (κ1) is 16.0. The summed E-state index contributed by atoms with van der Waals surface area (Å²) in [6.45, 7) is 6.13. The third-order valence-corrected chi connectivity index (χ3v) is 4.73. The Morgan fingerprint density at radius 1 is 1.30 bits per heavy atom. The predicted octanol–water partition coefficient (Wildman–Crippen LogP) is 1.78. The van der Waals surface area contributed by atoms with E-state index in [2.05, 4.69) is 47.6 Å². The molecule has 23 heavy (non-hydrogen) atoms. The minimum Gasteiger partial charge on any atom is -0.359 e. The van der Waals surface area contributed by atoms with Gasteiger partial charge >= 0.3 is 0 Å². The van der Waals surface area contributed by atoms with Crippen LogP contribution in [0.3, 0.4) is 0 Å². The molecule has 2 aliphatic heterocycles. The third-order valence-electron chi connectivity index (χ3n) is 4.73. The molecule has 5 nitrogen and oxygen atoms in total. The summed E-state index contributed by atoms with van der Waals surface area (Å²) in [7, 11) is 0. The molecule has 2 aliphatic rings. The van der Waals surface area contributed by atoms with E-state index in [1.165, 1.54) is 5.56 Å². The van der Waals surface area contributed by atoms with Crippen LogP contribution in [-0.4, -0.2) is 37.0 Å². The highest BCUT2D eigenvalue weighted by atomic mass is 16.2. The van der Waals surface area contributed by atoms with E-state index >= 15 is 0 Å². The smallest absolute Gasteiger partial charge is 0.249 e. The Labute approximate surface area is 137 Å². The van der Waals surface area contributed by atoms with Crippen LogP contribution in [0, 0.1) is 0 Å². The summed E-state index contributed by atoms with van der Waals surface area (Å²) in [5, 5.41) is 5.95. The molecule has 0 spiro atoms. The Morgan fingerprint density at radius 3 is 2.83 bits per heavy atom. The van der Waals surface area contributed by atoms with Gasteiger partial charge in [-0.25, -0.2) is 0 Å². The molecule has 0 saturated carbocycles. The van der Waals surface area contributed by atoms with Crippen LogP contribution in [0.15, 0.2) is 24.3 Å². The summed E-state index contributed by atoms with van der Waals surface area (Å²) in [4.78, 5) is 25.8. The number of imide groups is 1. The molecule has 1 fully saturated rings. The fourth-order valence-electron chi connectivity index (χ4n) is 3.60. The molecule has 1 saturated heterocycles. The van der Waals surface area contributed by atoms with Crippen molar-refractivity contribution in [2.45, 2.75) is 51.1 Å². The molecule has 2 unspecified atom stereocenters. The fraction of sp³-hybridized carbons (Fsp3) is 0.556. The van der Waals surface area contributed by atoms with Gasteiger partial charge in [-0.2, -0.15) is 0 Å². The highest BCUT2D eigenvalue weighted by Crippen LogP contribution is 2.39. The number of piperidine rings is 1. The number of carbonyl (C=O) groups excluding carboxylic acids is 2. The summed E-state index contributed by atoms with van der Waals surface area (Å²) in [5.41, 5.74) is 2.47. The van der Waals surface area contributed by atoms with Crippen molar-refractivity contribution >= 4 is 17.5 Å². The van der Waals surface area contributed by atoms with Gasteiger partial charge in [-0.05, 0) is 31.0 Å². The second-order valence-electron chi connectivity index (χ2n) is 6.77. The lowest BCUT2D eigenvalue weighted by molar-refractivity contribution is -0.134. The van der Waals surface area contributed by atoms with Gasteiger partial charge < -0.3 is 10.2 Å². The Morgan fingerprint density at radius 2 is 2.09 bits per heavy atom. The van der Waals surface area contributed by atoms with Gasteiger partial charge in [-0.3, -0.25) is 14.9 Å². The van der Waals surface area contributed by atoms with Crippen molar-refractivity contribution in [3.8, 4) is 0 Å². The van der Waals surface area contributed by atoms with E-state index in [1.54, 1.807) is 0 Å². The van der Waals surface area contributed by atoms with Crippen molar-refractivity contribution in [3.05, 3.63) is 29.8 Å². The minimum absolute atomic E-state index is 0.156. The molecule has 2 N–H and O–H groups in total. The van der Waals surface area contributed by atoms with Gasteiger partial charge in [0.1, 0.15) is 6.04 Å². The summed E-state index contributed by atoms with van der Waals surface area (Å²) in [6.07, 6.45) is 2.09. The molecule has 0 aliphatic carbocycles. The number of para-hydroxylation sites is 1. The molecule has 2 amide bonds. The van der Waals surface area contributed by atoms with E-state index in [9.17, 15) is 9.59 Å². The normalized spacial score (nSPS) is 24.0. The number of hydrogen-bond donors (Lipinski definition) is 2. The van der Waals surface area contributed by atoms with Gasteiger partial charge in [0.05, 0.1) is 0 Å². The summed E-state index contributed by atoms with van der Waals surface area (Å²) in [5.74, 6) is 0.122. The van der Waals surface area contributed by atoms with Gasteiger partial charge in [0.2, 0.25) is 11.8 Å². The Bertz CT molecular complexity index is 600. The number of anilines is 1. The van der Waals surface area contributed by atoms with Crippen molar-refractivity contribution in [2.75, 3.05) is 18.0 Å². The van der Waals surface area contributed by atoms with Crippen LogP contribution >= 0.6 is 0 Å². The number of benzene rings is 1. The minimum atomic E-state index is -0.225. The fourth-order valence-corrected chi connectivity index (χ4v) is 3.60. The van der Waals surface area contributed by atoms with Crippen LogP contribution in [0.25, 0.3) is 0 Å². The highest BCUT2D eigenvalue weighted by Gasteiger charge is 2.38. The average Bonchev–Trinajstić information content (AvgIpc) is 2.86. The lowest BCUT2D eigenvalue weighted by Gasteiger charge is -2.32. The standard InChI is InChI=1S/C18H25N3O2/c1-12(2)19-10-9-13-11-21(15-6-4-3-5-14(13)15)16-7-8-17(22)20-18(16)23/h3-6,12-13,16,19H,7-11H2,1-2H3,(H,20,22,23). The van der Waals surface area contributed by atoms with Crippen LogP contribution in [0.4, 0.5) is 5.69 Å². The molecular formula is C18H25N3O2. The van der Waals surface area contributed by atoms with E-state index in [-0.39, 0.29) is 17.9 Å². The maximum absolute atomic E-state index is 12.2. The lowest BCUT2D eigenvalue weighted by Crippen LogP contribution is -2.52. The number of rotatable bonds is 5. The maximum atomic E-state index is 12.2. The van der Waals surface area contributed by atoms with E-state index in [1.807, 2.05) is 6.07 Å². The van der Waals surface area contributed by atoms with Crippen LogP contribution in [-0.2, 0) is 9.59 Å². The highest BCUT2D eigenvalue weighted by molar-refractivity contribution is 6.02. The first-order valence-corrected chi connectivity index (χ1v) is 8.49.